The number of carboxylic acids is 1. The minimum absolute atomic E-state index is 0.191. The average Bonchev–Trinajstić information content (AvgIpc) is 2.15. The van der Waals surface area contributed by atoms with Crippen LogP contribution in [0.15, 0.2) is 36.9 Å². The van der Waals surface area contributed by atoms with Crippen LogP contribution in [0.1, 0.15) is 10.4 Å². The molecule has 13 heavy (non-hydrogen) atoms. The van der Waals surface area contributed by atoms with Crippen LogP contribution in [0, 0.1) is 0 Å². The molecule has 68 valence electrons. The van der Waals surface area contributed by atoms with Gasteiger partial charge in [0.15, 0.2) is 0 Å². The molecule has 0 unspecified atom stereocenters. The van der Waals surface area contributed by atoms with Crippen LogP contribution in [0.3, 0.4) is 0 Å². The Morgan fingerprint density at radius 1 is 1.54 bits per heavy atom. The molecule has 0 saturated carbocycles. The molecule has 0 aliphatic heterocycles. The van der Waals surface area contributed by atoms with Crippen molar-refractivity contribution in [3.8, 4) is 0 Å². The van der Waals surface area contributed by atoms with Crippen LogP contribution in [0.5, 0.6) is 0 Å². The second kappa shape index (κ2) is 4.85. The number of aromatic carboxylic acids is 1. The van der Waals surface area contributed by atoms with Gasteiger partial charge >= 0.3 is 83.1 Å². The first-order valence-corrected chi connectivity index (χ1v) is 5.88. The summed E-state index contributed by atoms with van der Waals surface area (Å²) in [5.74, 6) is -0.846. The summed E-state index contributed by atoms with van der Waals surface area (Å²) < 4.78 is 0.933. The van der Waals surface area contributed by atoms with E-state index in [9.17, 15) is 4.79 Å². The summed E-state index contributed by atoms with van der Waals surface area (Å²) in [6.07, 6.45) is 1.82. The van der Waals surface area contributed by atoms with E-state index in [1.165, 1.54) is 0 Å². The van der Waals surface area contributed by atoms with Gasteiger partial charge in [-0.25, -0.2) is 0 Å². The zero-order valence-electron chi connectivity index (χ0n) is 7.06. The molecule has 0 spiro atoms. The van der Waals surface area contributed by atoms with Crippen LogP contribution in [0.25, 0.3) is 0 Å². The van der Waals surface area contributed by atoms with Gasteiger partial charge in [0, 0.05) is 0 Å². The first kappa shape index (κ1) is 10.0. The van der Waals surface area contributed by atoms with Gasteiger partial charge in [-0.15, -0.1) is 0 Å². The second-order valence-electron chi connectivity index (χ2n) is 2.40. The molecular formula is C10H10O2Se. The molecule has 1 N–H and O–H groups in total. The Morgan fingerprint density at radius 2 is 2.23 bits per heavy atom. The van der Waals surface area contributed by atoms with Gasteiger partial charge in [-0.2, -0.15) is 0 Å². The molecule has 0 saturated heterocycles. The number of carboxylic acid groups (broad SMARTS) is 1. The molecule has 0 aliphatic rings. The van der Waals surface area contributed by atoms with Crippen molar-refractivity contribution in [2.24, 2.45) is 0 Å². The number of rotatable bonds is 4. The Balaban J connectivity index is 2.90. The van der Waals surface area contributed by atoms with Crippen molar-refractivity contribution in [1.29, 1.82) is 0 Å². The predicted octanol–water partition coefficient (Wildman–Crippen LogP) is 1.32. The van der Waals surface area contributed by atoms with Crippen molar-refractivity contribution in [2.45, 2.75) is 5.32 Å². The third-order valence-corrected chi connectivity index (χ3v) is 3.72. The SMILES string of the molecule is C=CC[Se]c1ccccc1C(=O)O. The van der Waals surface area contributed by atoms with Gasteiger partial charge in [0.05, 0.1) is 0 Å². The maximum absolute atomic E-state index is 10.8. The number of benzene rings is 1. The molecule has 2 nitrogen and oxygen atoms in total. The Kier molecular flexibility index (Phi) is 3.74. The quantitative estimate of drug-likeness (QED) is 0.637. The van der Waals surface area contributed by atoms with Crippen molar-refractivity contribution < 1.29 is 9.90 Å². The Hall–Kier alpha value is -1.05. The molecule has 0 aliphatic carbocycles. The van der Waals surface area contributed by atoms with Crippen LogP contribution in [-0.2, 0) is 0 Å². The number of hydrogen-bond acceptors (Lipinski definition) is 1. The number of carbonyl (C=O) groups is 1. The summed E-state index contributed by atoms with van der Waals surface area (Å²) in [5, 5.41) is 9.72. The Labute approximate surface area is 83.4 Å². The molecule has 0 radical (unpaired) electrons. The van der Waals surface area contributed by atoms with E-state index in [1.807, 2.05) is 18.2 Å². The molecule has 0 fully saturated rings. The first-order chi connectivity index (χ1) is 6.25. The van der Waals surface area contributed by atoms with E-state index >= 15 is 0 Å². The maximum atomic E-state index is 10.8. The van der Waals surface area contributed by atoms with E-state index in [0.717, 1.165) is 9.78 Å². The van der Waals surface area contributed by atoms with Gasteiger partial charge < -0.3 is 0 Å². The molecule has 0 amide bonds. The van der Waals surface area contributed by atoms with Crippen LogP contribution in [0.2, 0.25) is 5.32 Å². The number of hydrogen-bond donors (Lipinski definition) is 1. The third-order valence-electron chi connectivity index (χ3n) is 1.47. The van der Waals surface area contributed by atoms with Crippen LogP contribution >= 0.6 is 0 Å². The van der Waals surface area contributed by atoms with Gasteiger partial charge in [0.25, 0.3) is 0 Å². The van der Waals surface area contributed by atoms with Gasteiger partial charge in [0.1, 0.15) is 0 Å². The van der Waals surface area contributed by atoms with E-state index < -0.39 is 5.97 Å². The van der Waals surface area contributed by atoms with Crippen LogP contribution < -0.4 is 4.46 Å². The summed E-state index contributed by atoms with van der Waals surface area (Å²) in [5.41, 5.74) is 0.421. The molecule has 3 heteroatoms. The van der Waals surface area contributed by atoms with Gasteiger partial charge in [0.2, 0.25) is 0 Å². The number of allylic oxidation sites excluding steroid dienone is 1. The van der Waals surface area contributed by atoms with Gasteiger partial charge in [-0.05, 0) is 0 Å². The third kappa shape index (κ3) is 2.72. The van der Waals surface area contributed by atoms with E-state index in [-0.39, 0.29) is 15.0 Å². The Morgan fingerprint density at radius 3 is 2.85 bits per heavy atom. The second-order valence-corrected chi connectivity index (χ2v) is 4.63. The van der Waals surface area contributed by atoms with Crippen LogP contribution in [-0.4, -0.2) is 26.0 Å². The van der Waals surface area contributed by atoms with Crippen molar-refractivity contribution in [1.82, 2.24) is 0 Å². The summed E-state index contributed by atoms with van der Waals surface area (Å²) >= 11 is 0.191. The Bertz CT molecular complexity index is 320. The molecule has 1 rings (SSSR count). The molecule has 0 bridgehead atoms. The van der Waals surface area contributed by atoms with Crippen molar-refractivity contribution >= 4 is 25.4 Å². The summed E-state index contributed by atoms with van der Waals surface area (Å²) in [6.45, 7) is 3.62. The van der Waals surface area contributed by atoms with E-state index in [4.69, 9.17) is 5.11 Å². The minimum atomic E-state index is -0.846. The van der Waals surface area contributed by atoms with Gasteiger partial charge in [-0.1, -0.05) is 0 Å². The summed E-state index contributed by atoms with van der Waals surface area (Å²) in [4.78, 5) is 10.8. The zero-order valence-corrected chi connectivity index (χ0v) is 8.78. The average molecular weight is 241 g/mol. The van der Waals surface area contributed by atoms with Crippen molar-refractivity contribution in [3.63, 3.8) is 0 Å². The molecule has 1 aromatic carbocycles. The summed E-state index contributed by atoms with van der Waals surface area (Å²) in [6, 6.07) is 7.12. The predicted molar refractivity (Wildman–Crippen MR) is 53.8 cm³/mol. The fourth-order valence-corrected chi connectivity index (χ4v) is 2.56. The molecule has 0 atom stereocenters. The topological polar surface area (TPSA) is 37.3 Å². The van der Waals surface area contributed by atoms with Gasteiger partial charge in [-0.3, -0.25) is 0 Å². The standard InChI is InChI=1S/C10H10O2Se/c1-2-7-13-9-6-4-3-5-8(9)10(11)12/h2-6H,1,7H2,(H,11,12). The van der Waals surface area contributed by atoms with E-state index in [2.05, 4.69) is 6.58 Å². The van der Waals surface area contributed by atoms with Crippen molar-refractivity contribution in [2.75, 3.05) is 0 Å². The summed E-state index contributed by atoms with van der Waals surface area (Å²) in [7, 11) is 0. The normalized spacial score (nSPS) is 9.54. The zero-order chi connectivity index (χ0) is 9.68. The van der Waals surface area contributed by atoms with Crippen molar-refractivity contribution in [3.05, 3.63) is 42.5 Å². The fraction of sp³-hybridized carbons (Fsp3) is 0.100. The molecule has 1 aromatic rings. The monoisotopic (exact) mass is 242 g/mol. The van der Waals surface area contributed by atoms with Crippen LogP contribution in [0.4, 0.5) is 0 Å². The molecule has 0 heterocycles. The van der Waals surface area contributed by atoms with E-state index in [0.29, 0.717) is 5.56 Å². The fourth-order valence-electron chi connectivity index (χ4n) is 0.918. The molecular weight excluding hydrogens is 231 g/mol. The first-order valence-electron chi connectivity index (χ1n) is 3.81. The molecule has 0 aromatic heterocycles. The van der Waals surface area contributed by atoms with E-state index in [1.54, 1.807) is 12.1 Å².